The van der Waals surface area contributed by atoms with Crippen LogP contribution in [-0.4, -0.2) is 193 Å². The molecule has 0 aliphatic carbocycles. The van der Waals surface area contributed by atoms with Gasteiger partial charge in [0.1, 0.15) is 73.2 Å². The number of unbranched alkanes of at least 4 members (excludes halogenated alkanes) is 35. The molecule has 12 N–H and O–H groups in total. The number of allylic oxidation sites excluding steroid dienone is 4. The summed E-state index contributed by atoms with van der Waals surface area (Å²) in [4.78, 5) is 13.4. The van der Waals surface area contributed by atoms with Gasteiger partial charge >= 0.3 is 0 Å². The van der Waals surface area contributed by atoms with Crippen LogP contribution in [0.3, 0.4) is 0 Å². The van der Waals surface area contributed by atoms with Gasteiger partial charge in [-0.25, -0.2) is 0 Å². The molecule has 17 atom stereocenters. The van der Waals surface area contributed by atoms with Crippen LogP contribution < -0.4 is 5.32 Å². The van der Waals surface area contributed by atoms with Gasteiger partial charge in [0.2, 0.25) is 5.91 Å². The zero-order valence-electron chi connectivity index (χ0n) is 54.7. The third-order valence-corrected chi connectivity index (χ3v) is 18.0. The van der Waals surface area contributed by atoms with Gasteiger partial charge in [-0.1, -0.05) is 250 Å². The van der Waals surface area contributed by atoms with Gasteiger partial charge in [0.15, 0.2) is 18.9 Å². The van der Waals surface area contributed by atoms with Gasteiger partial charge in [-0.15, -0.1) is 0 Å². The highest BCUT2D eigenvalue weighted by Crippen LogP contribution is 2.33. The van der Waals surface area contributed by atoms with Crippen molar-refractivity contribution in [1.82, 2.24) is 5.32 Å². The van der Waals surface area contributed by atoms with E-state index in [4.69, 9.17) is 28.4 Å². The average molecular weight is 1260 g/mol. The lowest BCUT2D eigenvalue weighted by Crippen LogP contribution is -2.66. The number of carbonyl (C=O) groups excluding carboxylic acids is 1. The summed E-state index contributed by atoms with van der Waals surface area (Å²) in [6.07, 6.45) is 31.1. The summed E-state index contributed by atoms with van der Waals surface area (Å²) in [7, 11) is 0. The smallest absolute Gasteiger partial charge is 0.220 e. The molecule has 0 aromatic carbocycles. The number of amides is 1. The zero-order chi connectivity index (χ0) is 64.0. The second kappa shape index (κ2) is 51.7. The lowest BCUT2D eigenvalue weighted by atomic mass is 9.96. The number of rotatable bonds is 55. The molecule has 19 nitrogen and oxygen atoms in total. The van der Waals surface area contributed by atoms with Crippen molar-refractivity contribution < 1.29 is 89.4 Å². The maximum atomic E-state index is 13.4. The van der Waals surface area contributed by atoms with Gasteiger partial charge in [-0.2, -0.15) is 0 Å². The molecule has 3 saturated heterocycles. The summed E-state index contributed by atoms with van der Waals surface area (Å²) in [6.45, 7) is 1.80. The lowest BCUT2D eigenvalue weighted by Gasteiger charge is -2.48. The molecule has 0 spiro atoms. The van der Waals surface area contributed by atoms with Crippen LogP contribution in [0.5, 0.6) is 0 Å². The summed E-state index contributed by atoms with van der Waals surface area (Å²) in [6, 6.07) is -0.889. The van der Waals surface area contributed by atoms with Gasteiger partial charge in [0, 0.05) is 6.42 Å². The topological polar surface area (TPSA) is 307 Å². The van der Waals surface area contributed by atoms with E-state index in [1.165, 1.54) is 186 Å². The summed E-state index contributed by atoms with van der Waals surface area (Å²) in [5, 5.41) is 121. The molecule has 0 aromatic rings. The van der Waals surface area contributed by atoms with Crippen LogP contribution in [0.1, 0.15) is 277 Å². The van der Waals surface area contributed by atoms with Gasteiger partial charge < -0.3 is 89.9 Å². The molecule has 0 radical (unpaired) electrons. The SMILES string of the molecule is CCCCC/C=C\C/C=C\CCCCCCCCCCCC(=O)NC(COC1OC(CO)C(OC2OC(CO)C(OC3OC(CO)C(O)C(O)C3O)C(O)C2O)C(O)C1O)C(O)CCCCCCCCCCCCCCCCCCCCCCCCCC. The van der Waals surface area contributed by atoms with E-state index in [0.717, 1.165) is 57.8 Å². The molecule has 3 fully saturated rings. The minimum Gasteiger partial charge on any atom is -0.394 e. The molecule has 0 bridgehead atoms. The number of hydrogen-bond acceptors (Lipinski definition) is 18. The van der Waals surface area contributed by atoms with Crippen LogP contribution >= 0.6 is 0 Å². The monoisotopic (exact) mass is 1260 g/mol. The van der Waals surface area contributed by atoms with Crippen LogP contribution in [0.4, 0.5) is 0 Å². The molecular weight excluding hydrogens is 1130 g/mol. The average Bonchev–Trinajstić information content (AvgIpc) is 3.71. The van der Waals surface area contributed by atoms with Gasteiger partial charge in [-0.05, 0) is 44.9 Å². The second-order valence-corrected chi connectivity index (χ2v) is 25.7. The number of ether oxygens (including phenoxy) is 6. The molecule has 0 saturated carbocycles. The first-order valence-corrected chi connectivity index (χ1v) is 35.6. The molecular formula is C69H129NO18. The molecule has 3 rings (SSSR count). The predicted molar refractivity (Wildman–Crippen MR) is 342 cm³/mol. The minimum absolute atomic E-state index is 0.244. The molecule has 19 heteroatoms. The molecule has 17 unspecified atom stereocenters. The van der Waals surface area contributed by atoms with Gasteiger partial charge in [-0.3, -0.25) is 4.79 Å². The van der Waals surface area contributed by atoms with Crippen molar-refractivity contribution in [1.29, 1.82) is 0 Å². The Morgan fingerprint density at radius 1 is 0.409 bits per heavy atom. The van der Waals surface area contributed by atoms with Crippen molar-refractivity contribution in [2.75, 3.05) is 26.4 Å². The first-order valence-electron chi connectivity index (χ1n) is 35.6. The Labute approximate surface area is 530 Å². The molecule has 88 heavy (non-hydrogen) atoms. The summed E-state index contributed by atoms with van der Waals surface area (Å²) < 4.78 is 34.4. The quantitative estimate of drug-likeness (QED) is 0.0199. The van der Waals surface area contributed by atoms with E-state index in [1.54, 1.807) is 0 Å². The fourth-order valence-corrected chi connectivity index (χ4v) is 12.2. The summed E-state index contributed by atoms with van der Waals surface area (Å²) in [5.74, 6) is -0.244. The van der Waals surface area contributed by atoms with Crippen LogP contribution in [0, 0.1) is 0 Å². The molecule has 0 aromatic heterocycles. The van der Waals surface area contributed by atoms with E-state index < -0.39 is 124 Å². The highest BCUT2D eigenvalue weighted by atomic mass is 16.8. The van der Waals surface area contributed by atoms with E-state index in [0.29, 0.717) is 12.8 Å². The number of aliphatic hydroxyl groups is 11. The Balaban J connectivity index is 1.42. The third kappa shape index (κ3) is 33.4. The van der Waals surface area contributed by atoms with E-state index >= 15 is 0 Å². The predicted octanol–water partition coefficient (Wildman–Crippen LogP) is 9.44. The fraction of sp³-hybridized carbons (Fsp3) is 0.928. The van der Waals surface area contributed by atoms with Crippen molar-refractivity contribution in [2.24, 2.45) is 0 Å². The van der Waals surface area contributed by atoms with Crippen molar-refractivity contribution >= 4 is 5.91 Å². The van der Waals surface area contributed by atoms with Crippen molar-refractivity contribution in [2.45, 2.75) is 381 Å². The van der Waals surface area contributed by atoms with Gasteiger partial charge in [0.25, 0.3) is 0 Å². The molecule has 1 amide bonds. The number of nitrogens with one attached hydrogen (secondary N) is 1. The number of aliphatic hydroxyl groups excluding tert-OH is 11. The van der Waals surface area contributed by atoms with E-state index in [1.807, 2.05) is 0 Å². The molecule has 3 aliphatic heterocycles. The maximum Gasteiger partial charge on any atom is 0.220 e. The lowest BCUT2D eigenvalue weighted by molar-refractivity contribution is -0.379. The summed E-state index contributed by atoms with van der Waals surface area (Å²) >= 11 is 0. The number of carbonyl (C=O) groups is 1. The molecule has 518 valence electrons. The van der Waals surface area contributed by atoms with Crippen LogP contribution in [0.2, 0.25) is 0 Å². The largest absolute Gasteiger partial charge is 0.394 e. The maximum absolute atomic E-state index is 13.4. The van der Waals surface area contributed by atoms with E-state index in [-0.39, 0.29) is 18.9 Å². The van der Waals surface area contributed by atoms with Crippen molar-refractivity contribution in [3.63, 3.8) is 0 Å². The first-order chi connectivity index (χ1) is 42.8. The fourth-order valence-electron chi connectivity index (χ4n) is 12.2. The summed E-state index contributed by atoms with van der Waals surface area (Å²) in [5.41, 5.74) is 0. The van der Waals surface area contributed by atoms with Crippen molar-refractivity contribution in [3.05, 3.63) is 24.3 Å². The molecule has 3 heterocycles. The Bertz CT molecular complexity index is 1690. The van der Waals surface area contributed by atoms with Crippen LogP contribution in [-0.2, 0) is 33.2 Å². The minimum atomic E-state index is -1.97. The third-order valence-electron chi connectivity index (χ3n) is 18.0. The Hall–Kier alpha value is -1.73. The second-order valence-electron chi connectivity index (χ2n) is 25.7. The van der Waals surface area contributed by atoms with E-state index in [2.05, 4.69) is 43.5 Å². The number of hydrogen-bond donors (Lipinski definition) is 12. The molecule has 3 aliphatic rings. The van der Waals surface area contributed by atoms with E-state index in [9.17, 15) is 61.0 Å². The van der Waals surface area contributed by atoms with Gasteiger partial charge in [0.05, 0.1) is 38.6 Å². The normalized spacial score (nSPS) is 28.5. The zero-order valence-corrected chi connectivity index (χ0v) is 54.7. The highest BCUT2D eigenvalue weighted by molar-refractivity contribution is 5.76. The first kappa shape index (κ1) is 80.5. The van der Waals surface area contributed by atoms with Crippen LogP contribution in [0.15, 0.2) is 24.3 Å². The Kier molecular flexibility index (Phi) is 47.3. The Morgan fingerprint density at radius 3 is 1.18 bits per heavy atom. The van der Waals surface area contributed by atoms with Crippen molar-refractivity contribution in [3.8, 4) is 0 Å². The standard InChI is InChI=1S/C69H129NO18/c1-3-5-7-9-11-13-15-17-19-21-23-24-25-26-27-29-30-32-34-36-38-40-42-44-46-53(74)52(70-57(75)47-45-43-41-39-37-35-33-31-28-22-20-18-16-14-12-10-8-6-4-2)51-83-67-63(81)60(78)65(55(49-72)85-67)88-69-64(82)61(79)66(56(50-73)86-69)87-68-62(80)59(77)58(76)54(48-71)84-68/h12,14,18,20,52-56,58-69,71-74,76-82H,3-11,13,15-17,19,21-51H2,1-2H3,(H,70,75)/b14-12-,20-18-. The highest BCUT2D eigenvalue weighted by Gasteiger charge is 2.53. The Morgan fingerprint density at radius 2 is 0.750 bits per heavy atom. The van der Waals surface area contributed by atoms with Crippen LogP contribution in [0.25, 0.3) is 0 Å².